The molecule has 0 aromatic heterocycles. The van der Waals surface area contributed by atoms with E-state index < -0.39 is 0 Å². The van der Waals surface area contributed by atoms with Gasteiger partial charge in [-0.25, -0.2) is 4.79 Å². The van der Waals surface area contributed by atoms with Gasteiger partial charge in [-0.1, -0.05) is 18.2 Å². The summed E-state index contributed by atoms with van der Waals surface area (Å²) < 4.78 is 4.50. The van der Waals surface area contributed by atoms with Gasteiger partial charge in [0, 0.05) is 48.9 Å². The molecule has 1 rings (SSSR count). The molecule has 2 nitrogen and oxygen atoms in total. The van der Waals surface area contributed by atoms with Gasteiger partial charge in [0.1, 0.15) is 0 Å². The molecule has 0 amide bonds. The molecule has 0 atom stereocenters. The van der Waals surface area contributed by atoms with Crippen LogP contribution in [0.1, 0.15) is 10.4 Å². The number of esters is 1. The maximum absolute atomic E-state index is 10.8. The van der Waals surface area contributed by atoms with Gasteiger partial charge in [-0.2, -0.15) is 0 Å². The zero-order valence-electron chi connectivity index (χ0n) is 6.41. The van der Waals surface area contributed by atoms with Gasteiger partial charge in [0.2, 0.25) is 0 Å². The Morgan fingerprint density at radius 3 is 2.27 bits per heavy atom. The van der Waals surface area contributed by atoms with E-state index in [9.17, 15) is 4.79 Å². The Kier molecular flexibility index (Phi) is 5.99. The van der Waals surface area contributed by atoms with Crippen LogP contribution in [-0.2, 0) is 4.74 Å². The first-order valence-electron chi connectivity index (χ1n) is 2.98. The van der Waals surface area contributed by atoms with Gasteiger partial charge in [-0.05, 0) is 12.1 Å². The molecule has 0 N–H and O–H groups in total. The van der Waals surface area contributed by atoms with Gasteiger partial charge < -0.3 is 4.74 Å². The van der Waals surface area contributed by atoms with Gasteiger partial charge in [0.15, 0.2) is 0 Å². The Bertz CT molecular complexity index is 221. The molecule has 0 fully saturated rings. The molecule has 2 radical (unpaired) electrons. The van der Waals surface area contributed by atoms with E-state index in [-0.39, 0.29) is 54.9 Å². The monoisotopic (exact) mass is 274 g/mol. The van der Waals surface area contributed by atoms with Gasteiger partial charge in [-0.15, -0.1) is 0 Å². The summed E-state index contributed by atoms with van der Waals surface area (Å²) in [5.41, 5.74) is 0.588. The molecule has 0 unspecified atom stereocenters. The molecule has 1 aromatic rings. The molecule has 0 saturated heterocycles. The molecule has 0 heterocycles. The molecule has 0 bridgehead atoms. The Morgan fingerprint density at radius 2 is 1.82 bits per heavy atom. The maximum atomic E-state index is 10.8. The van der Waals surface area contributed by atoms with E-state index in [0.717, 1.165) is 0 Å². The number of hydrogen-bond donors (Lipinski definition) is 0. The van der Waals surface area contributed by atoms with Crippen LogP contribution in [0.25, 0.3) is 0 Å². The van der Waals surface area contributed by atoms with Crippen molar-refractivity contribution in [2.45, 2.75) is 0 Å². The second-order valence-corrected chi connectivity index (χ2v) is 1.86. The standard InChI is InChI=1S/C8H8O2.Ba/c1-10-8(9)7-5-3-2-4-6-7;/h2-6H,1H3;. The fourth-order valence-electron chi connectivity index (χ4n) is 0.692. The van der Waals surface area contributed by atoms with Crippen LogP contribution in [0.3, 0.4) is 0 Å². The van der Waals surface area contributed by atoms with Crippen LogP contribution in [0.2, 0.25) is 0 Å². The Hall–Kier alpha value is 0.261. The summed E-state index contributed by atoms with van der Waals surface area (Å²) in [4.78, 5) is 10.8. The Morgan fingerprint density at radius 1 is 1.27 bits per heavy atom. The zero-order valence-corrected chi connectivity index (χ0v) is 10.9. The summed E-state index contributed by atoms with van der Waals surface area (Å²) in [7, 11) is 1.37. The molecule has 0 aliphatic carbocycles. The number of carbonyl (C=O) groups excluding carboxylic acids is 1. The SMILES string of the molecule is COC(=O)c1ccccc1.[Ba]. The van der Waals surface area contributed by atoms with Crippen molar-refractivity contribution < 1.29 is 9.53 Å². The minimum Gasteiger partial charge on any atom is -0.465 e. The van der Waals surface area contributed by atoms with Crippen molar-refractivity contribution >= 4 is 54.9 Å². The zero-order chi connectivity index (χ0) is 7.40. The average Bonchev–Trinajstić information content (AvgIpc) is 2.05. The van der Waals surface area contributed by atoms with E-state index in [2.05, 4.69) is 4.74 Å². The normalized spacial score (nSPS) is 8.09. The number of ether oxygens (including phenoxy) is 1. The fraction of sp³-hybridized carbons (Fsp3) is 0.125. The molecule has 1 aromatic carbocycles. The van der Waals surface area contributed by atoms with Crippen molar-refractivity contribution in [3.8, 4) is 0 Å². The molecule has 3 heteroatoms. The third-order valence-electron chi connectivity index (χ3n) is 1.19. The molecular formula is C8H8BaO2. The van der Waals surface area contributed by atoms with Crippen molar-refractivity contribution in [3.05, 3.63) is 35.9 Å². The first-order valence-corrected chi connectivity index (χ1v) is 2.98. The summed E-state index contributed by atoms with van der Waals surface area (Å²) in [5.74, 6) is -0.291. The van der Waals surface area contributed by atoms with Crippen molar-refractivity contribution in [3.63, 3.8) is 0 Å². The van der Waals surface area contributed by atoms with Crippen molar-refractivity contribution in [2.75, 3.05) is 7.11 Å². The minimum atomic E-state index is -0.291. The molecule has 0 spiro atoms. The van der Waals surface area contributed by atoms with Crippen LogP contribution in [0, 0.1) is 0 Å². The van der Waals surface area contributed by atoms with E-state index in [1.165, 1.54) is 7.11 Å². The smallest absolute Gasteiger partial charge is 0.337 e. The Labute approximate surface area is 106 Å². The first kappa shape index (κ1) is 11.3. The van der Waals surface area contributed by atoms with Crippen LogP contribution in [0.15, 0.2) is 30.3 Å². The summed E-state index contributed by atoms with van der Waals surface area (Å²) >= 11 is 0. The third-order valence-corrected chi connectivity index (χ3v) is 1.19. The van der Waals surface area contributed by atoms with E-state index in [0.29, 0.717) is 5.56 Å². The van der Waals surface area contributed by atoms with Gasteiger partial charge in [-0.3, -0.25) is 0 Å². The minimum absolute atomic E-state index is 0. The van der Waals surface area contributed by atoms with Gasteiger partial charge in [0.25, 0.3) is 0 Å². The van der Waals surface area contributed by atoms with Crippen molar-refractivity contribution in [1.29, 1.82) is 0 Å². The average molecular weight is 273 g/mol. The summed E-state index contributed by atoms with van der Waals surface area (Å²) in [6.07, 6.45) is 0. The van der Waals surface area contributed by atoms with Crippen LogP contribution < -0.4 is 0 Å². The molecule has 0 aliphatic rings. The number of rotatable bonds is 1. The topological polar surface area (TPSA) is 26.3 Å². The van der Waals surface area contributed by atoms with E-state index in [1.54, 1.807) is 24.3 Å². The van der Waals surface area contributed by atoms with E-state index >= 15 is 0 Å². The molecule has 11 heavy (non-hydrogen) atoms. The number of hydrogen-bond acceptors (Lipinski definition) is 2. The summed E-state index contributed by atoms with van der Waals surface area (Å²) in [6, 6.07) is 8.88. The van der Waals surface area contributed by atoms with E-state index in [4.69, 9.17) is 0 Å². The fourth-order valence-corrected chi connectivity index (χ4v) is 0.692. The van der Waals surface area contributed by atoms with E-state index in [1.807, 2.05) is 6.07 Å². The molecule has 0 aliphatic heterocycles. The van der Waals surface area contributed by atoms with Crippen molar-refractivity contribution in [2.24, 2.45) is 0 Å². The summed E-state index contributed by atoms with van der Waals surface area (Å²) in [6.45, 7) is 0. The van der Waals surface area contributed by atoms with Gasteiger partial charge >= 0.3 is 5.97 Å². The van der Waals surface area contributed by atoms with Crippen LogP contribution in [0.4, 0.5) is 0 Å². The largest absolute Gasteiger partial charge is 0.465 e. The van der Waals surface area contributed by atoms with Crippen LogP contribution >= 0.6 is 0 Å². The predicted molar refractivity (Wildman–Crippen MR) is 43.5 cm³/mol. The third kappa shape index (κ3) is 3.44. The molecule has 0 saturated carbocycles. The predicted octanol–water partition coefficient (Wildman–Crippen LogP) is 1.09. The van der Waals surface area contributed by atoms with Crippen LogP contribution in [-0.4, -0.2) is 62.0 Å². The quantitative estimate of drug-likeness (QED) is 0.566. The maximum Gasteiger partial charge on any atom is 0.337 e. The van der Waals surface area contributed by atoms with Crippen LogP contribution in [0.5, 0.6) is 0 Å². The number of benzene rings is 1. The Balaban J connectivity index is 0.000001000. The second kappa shape index (κ2) is 5.85. The molecule has 54 valence electrons. The second-order valence-electron chi connectivity index (χ2n) is 1.86. The number of methoxy groups -OCH3 is 1. The number of carbonyl (C=O) groups is 1. The van der Waals surface area contributed by atoms with Gasteiger partial charge in [0.05, 0.1) is 12.7 Å². The van der Waals surface area contributed by atoms with Crippen molar-refractivity contribution in [1.82, 2.24) is 0 Å². The summed E-state index contributed by atoms with van der Waals surface area (Å²) in [5, 5.41) is 0. The first-order chi connectivity index (χ1) is 4.84. The molecular weight excluding hydrogens is 265 g/mol.